The lowest BCUT2D eigenvalue weighted by molar-refractivity contribution is 0.0695. The highest BCUT2D eigenvalue weighted by molar-refractivity contribution is 5.99. The van der Waals surface area contributed by atoms with Crippen LogP contribution < -0.4 is 16.5 Å². The second-order valence-corrected chi connectivity index (χ2v) is 6.04. The molecule has 1 saturated heterocycles. The molecule has 1 aliphatic rings. The lowest BCUT2D eigenvalue weighted by Crippen LogP contribution is -2.28. The van der Waals surface area contributed by atoms with E-state index >= 15 is 0 Å². The summed E-state index contributed by atoms with van der Waals surface area (Å²) in [6, 6.07) is 1.58. The zero-order valence-corrected chi connectivity index (χ0v) is 13.8. The van der Waals surface area contributed by atoms with Gasteiger partial charge < -0.3 is 25.5 Å². The maximum Gasteiger partial charge on any atom is 0.341 e. The Balaban J connectivity index is 2.19. The molecule has 0 radical (unpaired) electrons. The quantitative estimate of drug-likeness (QED) is 0.729. The minimum atomic E-state index is -1.36. The summed E-state index contributed by atoms with van der Waals surface area (Å²) < 4.78 is 21.6. The zero-order valence-electron chi connectivity index (χ0n) is 13.8. The van der Waals surface area contributed by atoms with Crippen LogP contribution in [-0.4, -0.2) is 34.9 Å². The zero-order chi connectivity index (χ0) is 18.1. The van der Waals surface area contributed by atoms with Crippen molar-refractivity contribution in [1.29, 1.82) is 0 Å². The standard InChI is InChI=1S/C17H20FN3O4/c1-2-21-8-10(17(23)24)16(22)13-12(21)7-11(14(18)15(13)19)20-9-3-5-25-6-4-9/h7-9,20H,2-6,19H2,1H3,(H,23,24). The molecule has 4 N–H and O–H groups in total. The highest BCUT2D eigenvalue weighted by Crippen LogP contribution is 2.30. The molecule has 7 nitrogen and oxygen atoms in total. The Labute approximate surface area is 143 Å². The van der Waals surface area contributed by atoms with Crippen LogP contribution in [0.5, 0.6) is 0 Å². The first-order valence-electron chi connectivity index (χ1n) is 8.16. The first-order valence-corrected chi connectivity index (χ1v) is 8.16. The van der Waals surface area contributed by atoms with Gasteiger partial charge in [-0.3, -0.25) is 4.79 Å². The van der Waals surface area contributed by atoms with Crippen LogP contribution >= 0.6 is 0 Å². The third-order valence-corrected chi connectivity index (χ3v) is 4.50. The number of benzene rings is 1. The molecule has 0 bridgehead atoms. The van der Waals surface area contributed by atoms with Gasteiger partial charge in [-0.2, -0.15) is 0 Å². The number of anilines is 2. The summed E-state index contributed by atoms with van der Waals surface area (Å²) in [4.78, 5) is 23.7. The minimum absolute atomic E-state index is 0.0557. The van der Waals surface area contributed by atoms with E-state index in [2.05, 4.69) is 5.32 Å². The second-order valence-electron chi connectivity index (χ2n) is 6.04. The van der Waals surface area contributed by atoms with Gasteiger partial charge in [0.2, 0.25) is 5.43 Å². The van der Waals surface area contributed by atoms with Gasteiger partial charge in [-0.1, -0.05) is 0 Å². The summed E-state index contributed by atoms with van der Waals surface area (Å²) in [6.07, 6.45) is 2.76. The largest absolute Gasteiger partial charge is 0.477 e. The minimum Gasteiger partial charge on any atom is -0.477 e. The predicted octanol–water partition coefficient (Wildman–Crippen LogP) is 2.03. The van der Waals surface area contributed by atoms with E-state index in [0.29, 0.717) is 25.3 Å². The molecule has 2 aromatic rings. The van der Waals surface area contributed by atoms with Crippen molar-refractivity contribution in [3.63, 3.8) is 0 Å². The Bertz CT molecular complexity index is 888. The lowest BCUT2D eigenvalue weighted by Gasteiger charge is -2.25. The molecule has 8 heteroatoms. The summed E-state index contributed by atoms with van der Waals surface area (Å²) in [6.45, 7) is 3.42. The van der Waals surface area contributed by atoms with E-state index in [1.54, 1.807) is 11.5 Å². The summed E-state index contributed by atoms with van der Waals surface area (Å²) in [5.41, 5.74) is 4.96. The molecule has 3 rings (SSSR count). The number of ether oxygens (including phenoxy) is 1. The van der Waals surface area contributed by atoms with Crippen molar-refractivity contribution in [3.8, 4) is 0 Å². The normalized spacial score (nSPS) is 15.4. The number of nitrogens with zero attached hydrogens (tertiary/aromatic N) is 1. The Hall–Kier alpha value is -2.61. The number of carboxylic acid groups (broad SMARTS) is 1. The maximum absolute atomic E-state index is 14.7. The number of rotatable bonds is 4. The number of nitrogens with one attached hydrogen (secondary N) is 1. The number of hydrogen-bond acceptors (Lipinski definition) is 5. The topological polar surface area (TPSA) is 107 Å². The van der Waals surface area contributed by atoms with E-state index in [1.165, 1.54) is 12.3 Å². The predicted molar refractivity (Wildman–Crippen MR) is 92.7 cm³/mol. The highest BCUT2D eigenvalue weighted by atomic mass is 19.1. The van der Waals surface area contributed by atoms with Crippen LogP contribution in [0.15, 0.2) is 17.1 Å². The molecule has 0 saturated carbocycles. The van der Waals surface area contributed by atoms with Gasteiger partial charge in [0, 0.05) is 32.0 Å². The molecule has 25 heavy (non-hydrogen) atoms. The Morgan fingerprint density at radius 3 is 2.76 bits per heavy atom. The molecule has 0 unspecified atom stereocenters. The molecule has 0 amide bonds. The van der Waals surface area contributed by atoms with Crippen LogP contribution in [0.25, 0.3) is 10.9 Å². The number of nitrogens with two attached hydrogens (primary N) is 1. The van der Waals surface area contributed by atoms with Gasteiger partial charge in [-0.25, -0.2) is 9.18 Å². The van der Waals surface area contributed by atoms with E-state index in [-0.39, 0.29) is 22.8 Å². The average molecular weight is 349 g/mol. The number of nitrogen functional groups attached to an aromatic ring is 1. The number of aryl methyl sites for hydroxylation is 1. The number of hydrogen-bond donors (Lipinski definition) is 3. The Kier molecular flexibility index (Phi) is 4.63. The van der Waals surface area contributed by atoms with Crippen LogP contribution in [0.3, 0.4) is 0 Å². The Morgan fingerprint density at radius 1 is 1.48 bits per heavy atom. The van der Waals surface area contributed by atoms with Crippen molar-refractivity contribution in [1.82, 2.24) is 4.57 Å². The van der Waals surface area contributed by atoms with Crippen LogP contribution in [0, 0.1) is 5.82 Å². The van der Waals surface area contributed by atoms with Gasteiger partial charge in [-0.05, 0) is 25.8 Å². The third kappa shape index (κ3) is 3.05. The number of fused-ring (bicyclic) bond motifs is 1. The number of aromatic carboxylic acids is 1. The first kappa shape index (κ1) is 17.2. The SMILES string of the molecule is CCn1cc(C(=O)O)c(=O)c2c(N)c(F)c(NC3CCOCC3)cc21. The first-order chi connectivity index (χ1) is 11.9. The van der Waals surface area contributed by atoms with E-state index < -0.39 is 22.8 Å². The Morgan fingerprint density at radius 2 is 2.16 bits per heavy atom. The summed E-state index contributed by atoms with van der Waals surface area (Å²) >= 11 is 0. The van der Waals surface area contributed by atoms with Crippen molar-refractivity contribution in [3.05, 3.63) is 33.9 Å². The van der Waals surface area contributed by atoms with Gasteiger partial charge in [-0.15, -0.1) is 0 Å². The van der Waals surface area contributed by atoms with E-state index in [4.69, 9.17) is 10.5 Å². The van der Waals surface area contributed by atoms with Gasteiger partial charge in [0.05, 0.1) is 22.3 Å². The van der Waals surface area contributed by atoms with Gasteiger partial charge in [0.15, 0.2) is 5.82 Å². The highest BCUT2D eigenvalue weighted by Gasteiger charge is 2.22. The van der Waals surface area contributed by atoms with E-state index in [9.17, 15) is 19.1 Å². The molecule has 1 aliphatic heterocycles. The summed E-state index contributed by atoms with van der Waals surface area (Å²) in [5, 5.41) is 12.2. The molecule has 1 fully saturated rings. The van der Waals surface area contributed by atoms with Crippen molar-refractivity contribution in [2.24, 2.45) is 0 Å². The number of halogens is 1. The van der Waals surface area contributed by atoms with Crippen molar-refractivity contribution >= 4 is 28.2 Å². The number of carbonyl (C=O) groups is 1. The van der Waals surface area contributed by atoms with E-state index in [0.717, 1.165) is 12.8 Å². The van der Waals surface area contributed by atoms with Crippen molar-refractivity contribution in [2.45, 2.75) is 32.4 Å². The van der Waals surface area contributed by atoms with Crippen molar-refractivity contribution in [2.75, 3.05) is 24.3 Å². The van der Waals surface area contributed by atoms with Crippen LogP contribution in [0.2, 0.25) is 0 Å². The second kappa shape index (κ2) is 6.72. The number of aromatic nitrogens is 1. The molecule has 0 spiro atoms. The lowest BCUT2D eigenvalue weighted by atomic mass is 10.1. The fraction of sp³-hybridized carbons (Fsp3) is 0.412. The van der Waals surface area contributed by atoms with Gasteiger partial charge in [0.25, 0.3) is 0 Å². The molecule has 0 atom stereocenters. The average Bonchev–Trinajstić information content (AvgIpc) is 2.60. The monoisotopic (exact) mass is 349 g/mol. The molecule has 2 heterocycles. The number of carboxylic acids is 1. The van der Waals surface area contributed by atoms with E-state index in [1.807, 2.05) is 0 Å². The molecule has 1 aromatic heterocycles. The molecule has 0 aliphatic carbocycles. The molecule has 1 aromatic carbocycles. The number of pyridine rings is 1. The fourth-order valence-corrected chi connectivity index (χ4v) is 3.13. The van der Waals surface area contributed by atoms with Gasteiger partial charge >= 0.3 is 5.97 Å². The molecule has 134 valence electrons. The molecular weight excluding hydrogens is 329 g/mol. The summed E-state index contributed by atoms with van der Waals surface area (Å²) in [7, 11) is 0. The maximum atomic E-state index is 14.7. The third-order valence-electron chi connectivity index (χ3n) is 4.50. The fourth-order valence-electron chi connectivity index (χ4n) is 3.13. The summed E-state index contributed by atoms with van der Waals surface area (Å²) in [5.74, 6) is -2.10. The molecular formula is C17H20FN3O4. The van der Waals surface area contributed by atoms with Gasteiger partial charge in [0.1, 0.15) is 5.56 Å². The smallest absolute Gasteiger partial charge is 0.341 e. The van der Waals surface area contributed by atoms with Crippen LogP contribution in [-0.2, 0) is 11.3 Å². The van der Waals surface area contributed by atoms with Crippen LogP contribution in [0.4, 0.5) is 15.8 Å². The van der Waals surface area contributed by atoms with Crippen LogP contribution in [0.1, 0.15) is 30.1 Å². The van der Waals surface area contributed by atoms with Crippen molar-refractivity contribution < 1.29 is 19.0 Å².